The number of hydrogen-bond acceptors (Lipinski definition) is 5. The zero-order chi connectivity index (χ0) is 18.5. The first-order valence-electron chi connectivity index (χ1n) is 9.54. The van der Waals surface area contributed by atoms with E-state index in [0.29, 0.717) is 24.6 Å². The standard InChI is InChI=1S/C19H25N5O3/c25-19(22-17-7-1-8-20-18(17)24-10-4-9-21-24)23(13-15-5-2-11-26-15)14-16-6-3-12-27-16/h1,4,7-10,15-16H,2-3,5-6,11-14H2,(H,22,25)/t15-,16+. The van der Waals surface area contributed by atoms with E-state index in [2.05, 4.69) is 15.4 Å². The molecule has 0 bridgehead atoms. The van der Waals surface area contributed by atoms with Gasteiger partial charge in [-0.05, 0) is 43.9 Å². The highest BCUT2D eigenvalue weighted by atomic mass is 16.5. The van der Waals surface area contributed by atoms with Crippen LogP contribution in [0.25, 0.3) is 5.82 Å². The van der Waals surface area contributed by atoms with Crippen molar-refractivity contribution in [3.63, 3.8) is 0 Å². The maximum Gasteiger partial charge on any atom is 0.322 e. The molecular weight excluding hydrogens is 346 g/mol. The zero-order valence-electron chi connectivity index (χ0n) is 15.3. The largest absolute Gasteiger partial charge is 0.376 e. The number of anilines is 1. The minimum absolute atomic E-state index is 0.0941. The first kappa shape index (κ1) is 17.9. The second kappa shape index (κ2) is 8.49. The molecule has 0 spiro atoms. The van der Waals surface area contributed by atoms with Crippen molar-refractivity contribution in [2.45, 2.75) is 37.9 Å². The van der Waals surface area contributed by atoms with Crippen molar-refractivity contribution in [1.82, 2.24) is 19.7 Å². The van der Waals surface area contributed by atoms with Gasteiger partial charge in [-0.3, -0.25) is 0 Å². The minimum atomic E-state index is -0.164. The fourth-order valence-corrected chi connectivity index (χ4v) is 3.57. The van der Waals surface area contributed by atoms with Gasteiger partial charge in [-0.1, -0.05) is 0 Å². The van der Waals surface area contributed by atoms with Crippen LogP contribution in [0, 0.1) is 0 Å². The lowest BCUT2D eigenvalue weighted by atomic mass is 10.2. The fraction of sp³-hybridized carbons (Fsp3) is 0.526. The van der Waals surface area contributed by atoms with E-state index >= 15 is 0 Å². The van der Waals surface area contributed by atoms with Crippen molar-refractivity contribution < 1.29 is 14.3 Å². The number of carbonyl (C=O) groups is 1. The van der Waals surface area contributed by atoms with Crippen LogP contribution in [0.1, 0.15) is 25.7 Å². The second-order valence-electron chi connectivity index (χ2n) is 6.93. The maximum absolute atomic E-state index is 13.1. The Morgan fingerprint density at radius 2 is 1.89 bits per heavy atom. The van der Waals surface area contributed by atoms with Crippen LogP contribution in [-0.2, 0) is 9.47 Å². The lowest BCUT2D eigenvalue weighted by Gasteiger charge is -2.28. The molecule has 8 nitrogen and oxygen atoms in total. The van der Waals surface area contributed by atoms with E-state index in [1.54, 1.807) is 29.3 Å². The summed E-state index contributed by atoms with van der Waals surface area (Å²) >= 11 is 0. The van der Waals surface area contributed by atoms with Crippen LogP contribution in [0.15, 0.2) is 36.8 Å². The van der Waals surface area contributed by atoms with Crippen LogP contribution in [0.5, 0.6) is 0 Å². The maximum atomic E-state index is 13.1. The van der Waals surface area contributed by atoms with Crippen molar-refractivity contribution in [3.05, 3.63) is 36.8 Å². The Labute approximate surface area is 158 Å². The third kappa shape index (κ3) is 4.45. The molecule has 8 heteroatoms. The van der Waals surface area contributed by atoms with E-state index in [9.17, 15) is 4.79 Å². The summed E-state index contributed by atoms with van der Waals surface area (Å²) in [5.74, 6) is 0.588. The monoisotopic (exact) mass is 371 g/mol. The molecule has 2 amide bonds. The quantitative estimate of drug-likeness (QED) is 0.844. The van der Waals surface area contributed by atoms with Crippen LogP contribution in [0.2, 0.25) is 0 Å². The molecule has 2 saturated heterocycles. The summed E-state index contributed by atoms with van der Waals surface area (Å²) in [5.41, 5.74) is 0.621. The van der Waals surface area contributed by atoms with Crippen molar-refractivity contribution >= 4 is 11.7 Å². The summed E-state index contributed by atoms with van der Waals surface area (Å²) in [4.78, 5) is 19.2. The molecule has 27 heavy (non-hydrogen) atoms. The topological polar surface area (TPSA) is 81.5 Å². The number of urea groups is 1. The number of amides is 2. The van der Waals surface area contributed by atoms with E-state index < -0.39 is 0 Å². The van der Waals surface area contributed by atoms with Gasteiger partial charge in [0.15, 0.2) is 5.82 Å². The Morgan fingerprint density at radius 1 is 1.15 bits per heavy atom. The number of ether oxygens (including phenoxy) is 2. The first-order valence-corrected chi connectivity index (χ1v) is 9.54. The van der Waals surface area contributed by atoms with Gasteiger partial charge in [0.1, 0.15) is 0 Å². The smallest absolute Gasteiger partial charge is 0.322 e. The number of nitrogens with one attached hydrogen (secondary N) is 1. The predicted molar refractivity (Wildman–Crippen MR) is 99.9 cm³/mol. The molecule has 2 aliphatic rings. The lowest BCUT2D eigenvalue weighted by Crippen LogP contribution is -2.44. The van der Waals surface area contributed by atoms with Crippen LogP contribution >= 0.6 is 0 Å². The van der Waals surface area contributed by atoms with E-state index in [0.717, 1.165) is 38.9 Å². The molecule has 2 aliphatic heterocycles. The van der Waals surface area contributed by atoms with E-state index in [4.69, 9.17) is 9.47 Å². The molecule has 2 aromatic heterocycles. The molecule has 2 atom stereocenters. The minimum Gasteiger partial charge on any atom is -0.376 e. The van der Waals surface area contributed by atoms with Gasteiger partial charge in [0.05, 0.1) is 17.9 Å². The zero-order valence-corrected chi connectivity index (χ0v) is 15.3. The predicted octanol–water partition coefficient (Wildman–Crippen LogP) is 2.46. The lowest BCUT2D eigenvalue weighted by molar-refractivity contribution is 0.0524. The van der Waals surface area contributed by atoms with Crippen LogP contribution < -0.4 is 5.32 Å². The number of carbonyl (C=O) groups excluding carboxylic acids is 1. The third-order valence-electron chi connectivity index (χ3n) is 4.93. The number of pyridine rings is 1. The number of hydrogen-bond donors (Lipinski definition) is 1. The molecule has 0 aliphatic carbocycles. The van der Waals surface area contributed by atoms with Gasteiger partial charge in [0, 0.05) is 44.9 Å². The molecule has 2 fully saturated rings. The Morgan fingerprint density at radius 3 is 2.48 bits per heavy atom. The van der Waals surface area contributed by atoms with Crippen molar-refractivity contribution in [1.29, 1.82) is 0 Å². The molecule has 0 saturated carbocycles. The molecule has 0 unspecified atom stereocenters. The highest BCUT2D eigenvalue weighted by Gasteiger charge is 2.27. The molecular formula is C19H25N5O3. The summed E-state index contributed by atoms with van der Waals surface area (Å²) in [6, 6.07) is 5.29. The SMILES string of the molecule is O=C(Nc1cccnc1-n1cccn1)N(C[C@H]1CCCO1)C[C@@H]1CCCO1. The molecule has 0 aromatic carbocycles. The van der Waals surface area contributed by atoms with E-state index in [1.165, 1.54) is 0 Å². The molecule has 1 N–H and O–H groups in total. The number of nitrogens with zero attached hydrogens (tertiary/aromatic N) is 4. The van der Waals surface area contributed by atoms with Gasteiger partial charge in [-0.15, -0.1) is 0 Å². The molecule has 4 heterocycles. The van der Waals surface area contributed by atoms with Gasteiger partial charge in [-0.2, -0.15) is 5.10 Å². The van der Waals surface area contributed by atoms with Gasteiger partial charge < -0.3 is 19.7 Å². The van der Waals surface area contributed by atoms with Crippen molar-refractivity contribution in [3.8, 4) is 5.82 Å². The Kier molecular flexibility index (Phi) is 5.64. The van der Waals surface area contributed by atoms with Gasteiger partial charge in [0.25, 0.3) is 0 Å². The van der Waals surface area contributed by atoms with Crippen molar-refractivity contribution in [2.75, 3.05) is 31.6 Å². The summed E-state index contributed by atoms with van der Waals surface area (Å²) in [6.07, 6.45) is 9.42. The Balaban J connectivity index is 1.49. The fourth-order valence-electron chi connectivity index (χ4n) is 3.57. The molecule has 0 radical (unpaired) electrons. The molecule has 4 rings (SSSR count). The summed E-state index contributed by atoms with van der Waals surface area (Å²) in [5, 5.41) is 7.21. The first-order chi connectivity index (χ1) is 13.3. The van der Waals surface area contributed by atoms with Gasteiger partial charge in [-0.25, -0.2) is 14.5 Å². The normalized spacial score (nSPS) is 22.1. The average molecular weight is 371 g/mol. The van der Waals surface area contributed by atoms with Gasteiger partial charge in [0.2, 0.25) is 0 Å². The Hall–Kier alpha value is -2.45. The summed E-state index contributed by atoms with van der Waals surface area (Å²) in [7, 11) is 0. The average Bonchev–Trinajstić information content (AvgIpc) is 3.45. The van der Waals surface area contributed by atoms with E-state index in [1.807, 2.05) is 17.0 Å². The van der Waals surface area contributed by atoms with Gasteiger partial charge >= 0.3 is 6.03 Å². The van der Waals surface area contributed by atoms with Crippen LogP contribution in [0.3, 0.4) is 0 Å². The van der Waals surface area contributed by atoms with Crippen LogP contribution in [-0.4, -0.2) is 64.2 Å². The summed E-state index contributed by atoms with van der Waals surface area (Å²) in [6.45, 7) is 2.68. The van der Waals surface area contributed by atoms with E-state index in [-0.39, 0.29) is 18.2 Å². The molecule has 2 aromatic rings. The highest BCUT2D eigenvalue weighted by molar-refractivity contribution is 5.91. The third-order valence-corrected chi connectivity index (χ3v) is 4.93. The highest BCUT2D eigenvalue weighted by Crippen LogP contribution is 2.20. The Bertz CT molecular complexity index is 722. The molecule has 144 valence electrons. The van der Waals surface area contributed by atoms with Crippen LogP contribution in [0.4, 0.5) is 10.5 Å². The number of aromatic nitrogens is 3. The second-order valence-corrected chi connectivity index (χ2v) is 6.93. The van der Waals surface area contributed by atoms with Crippen molar-refractivity contribution in [2.24, 2.45) is 0 Å². The number of rotatable bonds is 6. The summed E-state index contributed by atoms with van der Waals surface area (Å²) < 4.78 is 13.1.